The normalized spacial score (nSPS) is 22.5. The van der Waals surface area contributed by atoms with Gasteiger partial charge in [0.05, 0.1) is 0 Å². The largest absolute Gasteiger partial charge is 0.419 e. The van der Waals surface area contributed by atoms with Gasteiger partial charge in [-0.25, -0.2) is 9.59 Å². The highest BCUT2D eigenvalue weighted by Crippen LogP contribution is 2.29. The zero-order chi connectivity index (χ0) is 18.2. The van der Waals surface area contributed by atoms with Gasteiger partial charge in [-0.2, -0.15) is 0 Å². The number of amides is 1. The van der Waals surface area contributed by atoms with E-state index in [9.17, 15) is 14.4 Å². The summed E-state index contributed by atoms with van der Waals surface area (Å²) in [4.78, 5) is 37.6. The number of carbonyl (C=O) groups excluding carboxylic acids is 3. The zero-order valence-corrected chi connectivity index (χ0v) is 14.4. The van der Waals surface area contributed by atoms with Gasteiger partial charge in [0.15, 0.2) is 5.57 Å². The van der Waals surface area contributed by atoms with Crippen LogP contribution in [0.1, 0.15) is 33.6 Å². The summed E-state index contributed by atoms with van der Waals surface area (Å²) in [5.74, 6) is -2.66. The highest BCUT2D eigenvalue weighted by atomic mass is 16.7. The Balaban J connectivity index is 1.78. The van der Waals surface area contributed by atoms with E-state index >= 15 is 0 Å². The van der Waals surface area contributed by atoms with E-state index in [2.05, 4.69) is 5.32 Å². The Morgan fingerprint density at radius 3 is 2.48 bits per heavy atom. The molecule has 0 aromatic heterocycles. The Kier molecular flexibility index (Phi) is 4.24. The molecule has 7 nitrogen and oxygen atoms in total. The molecular weight excluding hydrogens is 324 g/mol. The summed E-state index contributed by atoms with van der Waals surface area (Å²) in [6.07, 6.45) is 2.62. The maximum atomic E-state index is 12.0. The molecule has 0 saturated carbocycles. The molecule has 1 unspecified atom stereocenters. The fourth-order valence-corrected chi connectivity index (χ4v) is 2.91. The molecular formula is C18H20N2O5. The number of nitrogens with one attached hydrogen (secondary N) is 1. The lowest BCUT2D eigenvalue weighted by Crippen LogP contribution is -2.42. The summed E-state index contributed by atoms with van der Waals surface area (Å²) in [5.41, 5.74) is 1.20. The van der Waals surface area contributed by atoms with Crippen molar-refractivity contribution in [3.8, 4) is 0 Å². The van der Waals surface area contributed by atoms with Crippen LogP contribution < -0.4 is 10.2 Å². The molecule has 0 aliphatic carbocycles. The molecule has 2 heterocycles. The van der Waals surface area contributed by atoms with Gasteiger partial charge < -0.3 is 19.7 Å². The molecule has 2 aliphatic heterocycles. The van der Waals surface area contributed by atoms with Crippen LogP contribution in [0.25, 0.3) is 0 Å². The van der Waals surface area contributed by atoms with Gasteiger partial charge in [0, 0.05) is 43.9 Å². The van der Waals surface area contributed by atoms with Crippen molar-refractivity contribution in [3.63, 3.8) is 0 Å². The summed E-state index contributed by atoms with van der Waals surface area (Å²) >= 11 is 0. The number of nitrogens with zero attached hydrogens (tertiary/aromatic N) is 1. The highest BCUT2D eigenvalue weighted by Gasteiger charge is 2.39. The van der Waals surface area contributed by atoms with E-state index < -0.39 is 17.7 Å². The van der Waals surface area contributed by atoms with E-state index in [1.54, 1.807) is 23.1 Å². The Labute approximate surface area is 145 Å². The first-order chi connectivity index (χ1) is 11.8. The summed E-state index contributed by atoms with van der Waals surface area (Å²) in [7, 11) is 0. The van der Waals surface area contributed by atoms with Crippen LogP contribution >= 0.6 is 0 Å². The van der Waals surface area contributed by atoms with Crippen LogP contribution in [-0.2, 0) is 23.9 Å². The number of rotatable bonds is 3. The first kappa shape index (κ1) is 17.0. The molecule has 1 aromatic carbocycles. The molecule has 0 radical (unpaired) electrons. The van der Waals surface area contributed by atoms with E-state index in [-0.39, 0.29) is 17.5 Å². The van der Waals surface area contributed by atoms with Crippen molar-refractivity contribution in [1.29, 1.82) is 0 Å². The smallest absolute Gasteiger partial charge is 0.350 e. The minimum atomic E-state index is -1.27. The topological polar surface area (TPSA) is 84.9 Å². The molecule has 132 valence electrons. The Morgan fingerprint density at radius 1 is 1.20 bits per heavy atom. The third-order valence-corrected chi connectivity index (χ3v) is 4.11. The molecule has 3 rings (SSSR count). The second-order valence-electron chi connectivity index (χ2n) is 6.58. The molecule has 25 heavy (non-hydrogen) atoms. The van der Waals surface area contributed by atoms with E-state index in [4.69, 9.17) is 9.47 Å². The molecule has 0 bridgehead atoms. The average Bonchev–Trinajstić information content (AvgIpc) is 2.84. The van der Waals surface area contributed by atoms with Crippen molar-refractivity contribution in [2.24, 2.45) is 0 Å². The van der Waals surface area contributed by atoms with Crippen molar-refractivity contribution >= 4 is 29.2 Å². The van der Waals surface area contributed by atoms with Crippen molar-refractivity contribution in [2.75, 3.05) is 10.2 Å². The summed E-state index contributed by atoms with van der Waals surface area (Å²) in [6.45, 7) is 4.98. The Bertz CT molecular complexity index is 746. The second-order valence-corrected chi connectivity index (χ2v) is 6.58. The Hall–Kier alpha value is -2.83. The maximum absolute atomic E-state index is 12.0. The molecule has 1 N–H and O–H groups in total. The fourth-order valence-electron chi connectivity index (χ4n) is 2.91. The van der Waals surface area contributed by atoms with Crippen molar-refractivity contribution in [1.82, 2.24) is 0 Å². The lowest BCUT2D eigenvalue weighted by molar-refractivity contribution is -0.222. The lowest BCUT2D eigenvalue weighted by atomic mass is 10.2. The minimum Gasteiger partial charge on any atom is -0.419 e. The second kappa shape index (κ2) is 6.23. The molecule has 0 spiro atoms. The van der Waals surface area contributed by atoms with E-state index in [1.165, 1.54) is 20.0 Å². The lowest BCUT2D eigenvalue weighted by Gasteiger charge is -2.29. The zero-order valence-electron chi connectivity index (χ0n) is 14.4. The van der Waals surface area contributed by atoms with Crippen molar-refractivity contribution in [3.05, 3.63) is 36.0 Å². The van der Waals surface area contributed by atoms with Crippen LogP contribution in [0.3, 0.4) is 0 Å². The standard InChI is InChI=1S/C18H20N2O5/c1-11-7-8-15(21)20(11)13-6-4-5-12(9-13)19-10-14-16(22)24-18(2,3)25-17(14)23/h4-6,9-11,19H,7-8H2,1-3H3. The first-order valence-corrected chi connectivity index (χ1v) is 8.12. The number of carbonyl (C=O) groups is 3. The molecule has 7 heteroatoms. The van der Waals surface area contributed by atoms with Crippen molar-refractivity contribution in [2.45, 2.75) is 45.4 Å². The number of hydrogen-bond donors (Lipinski definition) is 1. The van der Waals surface area contributed by atoms with Crippen LogP contribution in [0.5, 0.6) is 0 Å². The quantitative estimate of drug-likeness (QED) is 0.515. The molecule has 2 saturated heterocycles. The number of ether oxygens (including phenoxy) is 2. The molecule has 1 atom stereocenters. The monoisotopic (exact) mass is 344 g/mol. The molecule has 1 aromatic rings. The van der Waals surface area contributed by atoms with Crippen LogP contribution in [-0.4, -0.2) is 29.7 Å². The summed E-state index contributed by atoms with van der Waals surface area (Å²) in [5, 5.41) is 2.89. The van der Waals surface area contributed by atoms with Gasteiger partial charge in [-0.15, -0.1) is 0 Å². The van der Waals surface area contributed by atoms with Crippen LogP contribution in [0.2, 0.25) is 0 Å². The van der Waals surface area contributed by atoms with Crippen LogP contribution in [0, 0.1) is 0 Å². The first-order valence-electron chi connectivity index (χ1n) is 8.12. The average molecular weight is 344 g/mol. The number of anilines is 2. The van der Waals surface area contributed by atoms with Crippen LogP contribution in [0.15, 0.2) is 36.0 Å². The van der Waals surface area contributed by atoms with Gasteiger partial charge in [-0.05, 0) is 31.5 Å². The van der Waals surface area contributed by atoms with Gasteiger partial charge in [-0.1, -0.05) is 6.07 Å². The van der Waals surface area contributed by atoms with Gasteiger partial charge >= 0.3 is 11.9 Å². The number of cyclic esters (lactones) is 2. The van der Waals surface area contributed by atoms with E-state index in [0.29, 0.717) is 12.1 Å². The highest BCUT2D eigenvalue weighted by molar-refractivity contribution is 6.15. The predicted octanol–water partition coefficient (Wildman–Crippen LogP) is 2.33. The maximum Gasteiger partial charge on any atom is 0.350 e. The summed E-state index contributed by atoms with van der Waals surface area (Å²) in [6, 6.07) is 7.36. The number of esters is 2. The fraction of sp³-hybridized carbons (Fsp3) is 0.389. The number of hydrogen-bond acceptors (Lipinski definition) is 6. The predicted molar refractivity (Wildman–Crippen MR) is 90.6 cm³/mol. The van der Waals surface area contributed by atoms with Crippen molar-refractivity contribution < 1.29 is 23.9 Å². The van der Waals surface area contributed by atoms with E-state index in [1.807, 2.05) is 13.0 Å². The summed E-state index contributed by atoms with van der Waals surface area (Å²) < 4.78 is 10.1. The van der Waals surface area contributed by atoms with Gasteiger partial charge in [0.1, 0.15) is 0 Å². The molecule has 1 amide bonds. The SMILES string of the molecule is CC1CCC(=O)N1c1cccc(NC=C2C(=O)OC(C)(C)OC2=O)c1. The van der Waals surface area contributed by atoms with Gasteiger partial charge in [-0.3, -0.25) is 4.79 Å². The minimum absolute atomic E-state index is 0.0877. The molecule has 2 fully saturated rings. The third kappa shape index (κ3) is 3.50. The van der Waals surface area contributed by atoms with Gasteiger partial charge in [0.25, 0.3) is 5.79 Å². The van der Waals surface area contributed by atoms with Gasteiger partial charge in [0.2, 0.25) is 5.91 Å². The Morgan fingerprint density at radius 2 is 1.88 bits per heavy atom. The third-order valence-electron chi connectivity index (χ3n) is 4.11. The van der Waals surface area contributed by atoms with E-state index in [0.717, 1.165) is 12.1 Å². The number of benzene rings is 1. The molecule has 2 aliphatic rings. The van der Waals surface area contributed by atoms with Crippen LogP contribution in [0.4, 0.5) is 11.4 Å².